The molecule has 0 aromatic rings. The molecular formula is C60H101N3O45. The number of aliphatic hydroxyl groups is 25. The van der Waals surface area contributed by atoms with Gasteiger partial charge < -0.3 is 224 Å². The van der Waals surface area contributed by atoms with Crippen molar-refractivity contribution in [2.75, 3.05) is 52.9 Å². The molecule has 0 aromatic heterocycles. The van der Waals surface area contributed by atoms with E-state index in [-0.39, 0.29) is 0 Å². The lowest BCUT2D eigenvalue weighted by atomic mass is 9.93. The Hall–Kier alpha value is -3.27. The van der Waals surface area contributed by atoms with Gasteiger partial charge in [0.15, 0.2) is 56.6 Å². The highest BCUT2D eigenvalue weighted by Gasteiger charge is 2.61. The molecule has 3 amide bonds. The van der Waals surface area contributed by atoms with E-state index in [4.69, 9.17) is 80.5 Å². The van der Waals surface area contributed by atoms with E-state index < -0.39 is 347 Å². The van der Waals surface area contributed by atoms with Gasteiger partial charge in [0, 0.05) is 20.8 Å². The fourth-order valence-corrected chi connectivity index (χ4v) is 14.0. The Kier molecular flexibility index (Phi) is 31.6. The zero-order chi connectivity index (χ0) is 79.5. The third-order valence-electron chi connectivity index (χ3n) is 19.9. The summed E-state index contributed by atoms with van der Waals surface area (Å²) in [5, 5.41) is 282. The third kappa shape index (κ3) is 19.1. The van der Waals surface area contributed by atoms with Crippen LogP contribution in [0.4, 0.5) is 0 Å². The van der Waals surface area contributed by atoms with Gasteiger partial charge in [-0.2, -0.15) is 0 Å². The second-order valence-corrected chi connectivity index (χ2v) is 27.4. The lowest BCUT2D eigenvalue weighted by molar-refractivity contribution is -0.394. The Bertz CT molecular complexity index is 2820. The van der Waals surface area contributed by atoms with Crippen molar-refractivity contribution in [2.24, 2.45) is 0 Å². The molecule has 0 spiro atoms. The lowest BCUT2D eigenvalue weighted by Crippen LogP contribution is -2.71. The molecule has 0 aliphatic carbocycles. The first-order valence-corrected chi connectivity index (χ1v) is 34.5. The first-order chi connectivity index (χ1) is 51.1. The van der Waals surface area contributed by atoms with Gasteiger partial charge >= 0.3 is 0 Å². The Morgan fingerprint density at radius 2 is 0.546 bits per heavy atom. The molecule has 626 valence electrons. The topological polar surface area (TPSA) is 750 Å². The molecule has 0 radical (unpaired) electrons. The molecule has 9 rings (SSSR count). The maximum atomic E-state index is 13.2. The zero-order valence-corrected chi connectivity index (χ0v) is 58.0. The molecule has 28 N–H and O–H groups in total. The first kappa shape index (κ1) is 88.7. The van der Waals surface area contributed by atoms with Crippen molar-refractivity contribution in [1.29, 1.82) is 0 Å². The molecule has 0 unspecified atom stereocenters. The van der Waals surface area contributed by atoms with Crippen LogP contribution in [-0.2, 0) is 94.9 Å². The van der Waals surface area contributed by atoms with Gasteiger partial charge in [-0.3, -0.25) is 14.4 Å². The van der Waals surface area contributed by atoms with Crippen molar-refractivity contribution >= 4 is 17.7 Å². The van der Waals surface area contributed by atoms with Crippen molar-refractivity contribution in [3.8, 4) is 0 Å². The van der Waals surface area contributed by atoms with Crippen LogP contribution in [0.15, 0.2) is 0 Å². The molecule has 9 fully saturated rings. The van der Waals surface area contributed by atoms with E-state index in [1.807, 2.05) is 0 Å². The summed E-state index contributed by atoms with van der Waals surface area (Å²) in [5.41, 5.74) is 0. The zero-order valence-electron chi connectivity index (χ0n) is 58.0. The highest BCUT2D eigenvalue weighted by molar-refractivity contribution is 5.74. The second-order valence-electron chi connectivity index (χ2n) is 27.4. The van der Waals surface area contributed by atoms with Gasteiger partial charge in [0.05, 0.1) is 59.0 Å². The van der Waals surface area contributed by atoms with E-state index in [0.717, 1.165) is 20.8 Å². The summed E-state index contributed by atoms with van der Waals surface area (Å²) in [7, 11) is 0. The van der Waals surface area contributed by atoms with Gasteiger partial charge in [-0.25, -0.2) is 0 Å². The molecule has 48 heteroatoms. The SMILES string of the molecule is CC(=O)N[C@H]1[C@H](OC[C@H]2O[C@@H](O[C@H]3[C@H](O)[C@@H](NC(C)=O)[C@H](O[C@H]4[C@@H](O)[C@@H](CO)O[C@@H](O[C@H]5[C@H](O)[C@@H](O)[C@H](O)O[C@@H]5CO)[C@@H]4O)O[C@@H]3CO)[C@H](O)[C@@H](O[C@@H]3O[C@H](CO)[C@@H](O[C@@H]4O[C@H](CO)[C@H](O)[C@H](O)[C@H]4O[C@@H]4O[C@@H](C)[C@@H](O)[C@@H](O)[C@@H]4O)[C@H](O)[C@H]3NC(C)=O)[C@H]2O)O[C@H](CO)[C@@H](O[C@@H]2O[C@H](CO)[C@H](O)[C@H](O)[C@H]2O)[C@@H]1O. The number of aliphatic hydroxyl groups excluding tert-OH is 25. The second kappa shape index (κ2) is 38.5. The molecule has 0 bridgehead atoms. The number of ether oxygens (including phenoxy) is 17. The van der Waals surface area contributed by atoms with Gasteiger partial charge in [-0.1, -0.05) is 0 Å². The van der Waals surface area contributed by atoms with E-state index in [9.17, 15) is 142 Å². The molecule has 108 heavy (non-hydrogen) atoms. The van der Waals surface area contributed by atoms with Crippen LogP contribution in [0.2, 0.25) is 0 Å². The number of hydrogen-bond acceptors (Lipinski definition) is 45. The van der Waals surface area contributed by atoms with Gasteiger partial charge in [0.2, 0.25) is 17.7 Å². The molecule has 45 atom stereocenters. The highest BCUT2D eigenvalue weighted by atomic mass is 16.8. The fourth-order valence-electron chi connectivity index (χ4n) is 14.0. The maximum absolute atomic E-state index is 13.2. The van der Waals surface area contributed by atoms with E-state index in [1.165, 1.54) is 6.92 Å². The number of carbonyl (C=O) groups excluding carboxylic acids is 3. The van der Waals surface area contributed by atoms with E-state index in [0.29, 0.717) is 0 Å². The van der Waals surface area contributed by atoms with Gasteiger partial charge in [0.25, 0.3) is 0 Å². The summed E-state index contributed by atoms with van der Waals surface area (Å²) in [6.07, 6.45) is -84.4. The number of nitrogens with one attached hydrogen (secondary N) is 3. The minimum Gasteiger partial charge on any atom is -0.394 e. The largest absolute Gasteiger partial charge is 0.394 e. The Morgan fingerprint density at radius 3 is 0.972 bits per heavy atom. The number of carbonyl (C=O) groups is 3. The number of rotatable bonds is 27. The van der Waals surface area contributed by atoms with Crippen LogP contribution in [0.25, 0.3) is 0 Å². The normalized spacial score (nSPS) is 50.4. The smallest absolute Gasteiger partial charge is 0.217 e. The van der Waals surface area contributed by atoms with Crippen molar-refractivity contribution in [2.45, 2.75) is 304 Å². The summed E-state index contributed by atoms with van der Waals surface area (Å²) in [5.74, 6) is -2.85. The predicted octanol–water partition coefficient (Wildman–Crippen LogP) is -19.2. The summed E-state index contributed by atoms with van der Waals surface area (Å²) in [6.45, 7) is -4.47. The molecule has 9 aliphatic rings. The van der Waals surface area contributed by atoms with E-state index in [2.05, 4.69) is 16.0 Å². The van der Waals surface area contributed by atoms with E-state index in [1.54, 1.807) is 0 Å². The van der Waals surface area contributed by atoms with Crippen LogP contribution in [0.3, 0.4) is 0 Å². The van der Waals surface area contributed by atoms with Crippen LogP contribution in [0.5, 0.6) is 0 Å². The molecule has 9 saturated heterocycles. The fraction of sp³-hybridized carbons (Fsp3) is 0.950. The standard InChI is InChI=1S/C60H101N3O45/c1-13-28(74)36(82)41(87)56(93-13)108-51-38(84)30(76)18(6-65)97-60(51)105-47-23(11-70)100-55(27(35(47)81)63-16(4)73)107-50-32(78)24(12-92-53-25(61-14(2)71)33(79)45(21(9-68)98-53)102-57-42(88)37(83)29(75)17(5-64)95-57)101-59(44(50)90)103-46-22(10-69)99-54(26(34(46)80)62-15(3)72)106-49-31(77)19(7-66)96-58(43(49)89)104-48-20(8-67)94-52(91)40(86)39(48)85/h13,17-60,64-70,74-91H,5-12H2,1-4H3,(H,61,71)(H,62,72)(H,63,73)/t13-,17+,18+,19+,20+,21+,22+,23+,24+,25+,26+,27+,28+,29-,30-,31-,32-,33+,34+,35+,36+,37-,38-,39+,40+,41-,42+,43+,44+,45+,46+,47+,48+,49-,50-,51+,52+,53+,54-,55-,56-,57-,58-,59-,60-/m0/s1. The average molecular weight is 1580 g/mol. The van der Waals surface area contributed by atoms with E-state index >= 15 is 0 Å². The predicted molar refractivity (Wildman–Crippen MR) is 330 cm³/mol. The molecule has 0 saturated carbocycles. The number of hydrogen-bond donors (Lipinski definition) is 28. The van der Waals surface area contributed by atoms with Crippen LogP contribution in [0, 0.1) is 0 Å². The van der Waals surface area contributed by atoms with Crippen LogP contribution < -0.4 is 16.0 Å². The summed E-state index contributed by atoms with van der Waals surface area (Å²) < 4.78 is 99.5. The number of amides is 3. The Balaban J connectivity index is 1.02. The minimum atomic E-state index is -2.51. The lowest BCUT2D eigenvalue weighted by Gasteiger charge is -2.51. The monoisotopic (exact) mass is 1580 g/mol. The minimum absolute atomic E-state index is 0.895. The summed E-state index contributed by atoms with van der Waals surface area (Å²) in [4.78, 5) is 39.0. The molecule has 48 nitrogen and oxygen atoms in total. The van der Waals surface area contributed by atoms with Crippen molar-refractivity contribution in [1.82, 2.24) is 16.0 Å². The van der Waals surface area contributed by atoms with Crippen molar-refractivity contribution < 1.29 is 223 Å². The van der Waals surface area contributed by atoms with Crippen LogP contribution >= 0.6 is 0 Å². The third-order valence-corrected chi connectivity index (χ3v) is 19.9. The highest BCUT2D eigenvalue weighted by Crippen LogP contribution is 2.40. The van der Waals surface area contributed by atoms with Gasteiger partial charge in [0.1, 0.15) is 213 Å². The van der Waals surface area contributed by atoms with Crippen LogP contribution in [0.1, 0.15) is 27.7 Å². The summed E-state index contributed by atoms with van der Waals surface area (Å²) in [6, 6.07) is -5.81. The summed E-state index contributed by atoms with van der Waals surface area (Å²) >= 11 is 0. The van der Waals surface area contributed by atoms with Crippen molar-refractivity contribution in [3.05, 3.63) is 0 Å². The first-order valence-electron chi connectivity index (χ1n) is 34.5. The van der Waals surface area contributed by atoms with Crippen LogP contribution in [-0.4, -0.2) is 474 Å². The Morgan fingerprint density at radius 1 is 0.259 bits per heavy atom. The van der Waals surface area contributed by atoms with Gasteiger partial charge in [-0.05, 0) is 6.92 Å². The molecule has 0 aromatic carbocycles. The van der Waals surface area contributed by atoms with Gasteiger partial charge in [-0.15, -0.1) is 0 Å². The van der Waals surface area contributed by atoms with Crippen molar-refractivity contribution in [3.63, 3.8) is 0 Å². The quantitative estimate of drug-likeness (QED) is 0.0363. The maximum Gasteiger partial charge on any atom is 0.217 e. The Labute approximate surface area is 611 Å². The molecule has 9 aliphatic heterocycles. The molecular weight excluding hydrogens is 1480 g/mol. The molecule has 9 heterocycles. The average Bonchev–Trinajstić information content (AvgIpc) is 0.771.